The molecule has 142 valence electrons. The second-order valence-corrected chi connectivity index (χ2v) is 8.28. The summed E-state index contributed by atoms with van der Waals surface area (Å²) in [5.41, 5.74) is 3.67. The number of nitrogens with zero attached hydrogens (tertiary/aromatic N) is 3. The summed E-state index contributed by atoms with van der Waals surface area (Å²) >= 11 is 0. The van der Waals surface area contributed by atoms with Crippen LogP contribution in [0.1, 0.15) is 60.7 Å². The fourth-order valence-electron chi connectivity index (χ4n) is 4.97. The van der Waals surface area contributed by atoms with Gasteiger partial charge >= 0.3 is 0 Å². The molecule has 6 heteroatoms. The summed E-state index contributed by atoms with van der Waals surface area (Å²) in [5.74, 6) is 1.88. The van der Waals surface area contributed by atoms with E-state index in [4.69, 9.17) is 9.26 Å². The Morgan fingerprint density at radius 1 is 1.26 bits per heavy atom. The highest BCUT2D eigenvalue weighted by Gasteiger charge is 2.62. The van der Waals surface area contributed by atoms with Crippen LogP contribution in [0.15, 0.2) is 23.0 Å². The summed E-state index contributed by atoms with van der Waals surface area (Å²) < 4.78 is 10.9. The van der Waals surface area contributed by atoms with Crippen LogP contribution in [0.3, 0.4) is 0 Å². The van der Waals surface area contributed by atoms with E-state index >= 15 is 0 Å². The maximum Gasteiger partial charge on any atom is 0.227 e. The molecule has 1 aliphatic carbocycles. The average Bonchev–Trinajstić information content (AvgIpc) is 3.13. The van der Waals surface area contributed by atoms with E-state index in [1.165, 1.54) is 23.1 Å². The molecular formula is C21H25N3O3. The molecule has 1 aromatic carbocycles. The van der Waals surface area contributed by atoms with Gasteiger partial charge in [0.15, 0.2) is 5.82 Å². The van der Waals surface area contributed by atoms with Crippen molar-refractivity contribution in [2.45, 2.75) is 57.4 Å². The van der Waals surface area contributed by atoms with Gasteiger partial charge in [-0.05, 0) is 63.1 Å². The van der Waals surface area contributed by atoms with Crippen LogP contribution < -0.4 is 4.74 Å². The molecule has 1 saturated carbocycles. The molecule has 1 saturated heterocycles. The van der Waals surface area contributed by atoms with E-state index in [1.807, 2.05) is 4.90 Å². The molecule has 0 bridgehead atoms. The second kappa shape index (κ2) is 6.08. The van der Waals surface area contributed by atoms with Gasteiger partial charge in [-0.25, -0.2) is 0 Å². The number of benzene rings is 1. The summed E-state index contributed by atoms with van der Waals surface area (Å²) in [6.07, 6.45) is 6.22. The van der Waals surface area contributed by atoms with Crippen LogP contribution in [-0.4, -0.2) is 34.1 Å². The van der Waals surface area contributed by atoms with Crippen molar-refractivity contribution in [1.82, 2.24) is 15.0 Å². The first-order valence-corrected chi connectivity index (χ1v) is 9.91. The molecule has 0 radical (unpaired) electrons. The number of fused-ring (bicyclic) bond motifs is 2. The van der Waals surface area contributed by atoms with Gasteiger partial charge in [0, 0.05) is 23.4 Å². The Morgan fingerprint density at radius 3 is 2.93 bits per heavy atom. The van der Waals surface area contributed by atoms with E-state index in [0.29, 0.717) is 12.4 Å². The van der Waals surface area contributed by atoms with Gasteiger partial charge in [0.1, 0.15) is 5.75 Å². The predicted molar refractivity (Wildman–Crippen MR) is 98.4 cm³/mol. The van der Waals surface area contributed by atoms with Crippen LogP contribution >= 0.6 is 0 Å². The number of carbonyl (C=O) groups is 1. The minimum atomic E-state index is -0.0540. The summed E-state index contributed by atoms with van der Waals surface area (Å²) in [6.45, 7) is 5.71. The molecule has 27 heavy (non-hydrogen) atoms. The maximum atomic E-state index is 13.5. The smallest absolute Gasteiger partial charge is 0.227 e. The minimum Gasteiger partial charge on any atom is -0.493 e. The van der Waals surface area contributed by atoms with Crippen molar-refractivity contribution in [3.05, 3.63) is 41.0 Å². The molecule has 6 nitrogen and oxygen atoms in total. The van der Waals surface area contributed by atoms with Crippen LogP contribution in [0.4, 0.5) is 0 Å². The van der Waals surface area contributed by atoms with Gasteiger partial charge in [-0.15, -0.1) is 0 Å². The number of rotatable bonds is 2. The summed E-state index contributed by atoms with van der Waals surface area (Å²) in [4.78, 5) is 19.7. The van der Waals surface area contributed by atoms with Gasteiger partial charge in [0.2, 0.25) is 12.3 Å². The number of likely N-dealkylation sites (tertiary alicyclic amines) is 1. The fraction of sp³-hybridized carbons (Fsp3) is 0.571. The zero-order chi connectivity index (χ0) is 18.6. The van der Waals surface area contributed by atoms with Gasteiger partial charge in [-0.3, -0.25) is 4.79 Å². The molecule has 3 atom stereocenters. The van der Waals surface area contributed by atoms with Crippen molar-refractivity contribution < 1.29 is 14.1 Å². The van der Waals surface area contributed by atoms with Gasteiger partial charge in [0.25, 0.3) is 0 Å². The molecule has 3 aliphatic rings. The largest absolute Gasteiger partial charge is 0.493 e. The number of hydrogen-bond donors (Lipinski definition) is 0. The van der Waals surface area contributed by atoms with E-state index in [0.717, 1.165) is 44.4 Å². The number of carbonyl (C=O) groups excluding carboxylic acids is 1. The first-order chi connectivity index (χ1) is 13.1. The van der Waals surface area contributed by atoms with E-state index in [9.17, 15) is 4.79 Å². The lowest BCUT2D eigenvalue weighted by Gasteiger charge is -2.35. The Morgan fingerprint density at radius 2 is 2.11 bits per heavy atom. The van der Waals surface area contributed by atoms with E-state index in [-0.39, 0.29) is 23.3 Å². The lowest BCUT2D eigenvalue weighted by molar-refractivity contribution is -0.137. The summed E-state index contributed by atoms with van der Waals surface area (Å²) in [5, 5.41) is 4.01. The second-order valence-electron chi connectivity index (χ2n) is 8.28. The molecule has 2 aliphatic heterocycles. The monoisotopic (exact) mass is 367 g/mol. The zero-order valence-corrected chi connectivity index (χ0v) is 15.9. The third kappa shape index (κ3) is 2.57. The third-order valence-corrected chi connectivity index (χ3v) is 6.77. The molecule has 0 unspecified atom stereocenters. The quantitative estimate of drug-likeness (QED) is 0.813. The van der Waals surface area contributed by atoms with Crippen molar-refractivity contribution in [2.75, 3.05) is 13.2 Å². The standard InChI is InChI=1S/C21H25N3O3/c1-13-9-15-18(10-14(13)2)26-8-6-21(15)11-16(21)20(25)24-7-4-3-5-17(24)19-22-12-27-23-19/h9-10,12,16-17H,3-8,11H2,1-2H3/t16-,17-,21-/m0/s1. The van der Waals surface area contributed by atoms with Crippen LogP contribution in [0, 0.1) is 19.8 Å². The van der Waals surface area contributed by atoms with Gasteiger partial charge < -0.3 is 14.2 Å². The van der Waals surface area contributed by atoms with Crippen molar-refractivity contribution in [3.63, 3.8) is 0 Å². The summed E-state index contributed by atoms with van der Waals surface area (Å²) in [6, 6.07) is 4.32. The van der Waals surface area contributed by atoms with Crippen LogP contribution in [-0.2, 0) is 10.2 Å². The van der Waals surface area contributed by atoms with E-state index in [2.05, 4.69) is 36.1 Å². The van der Waals surface area contributed by atoms with E-state index in [1.54, 1.807) is 0 Å². The Labute approximate surface area is 158 Å². The lowest BCUT2D eigenvalue weighted by Crippen LogP contribution is -2.41. The number of hydrogen-bond acceptors (Lipinski definition) is 5. The number of piperidine rings is 1. The van der Waals surface area contributed by atoms with Crippen molar-refractivity contribution in [2.24, 2.45) is 5.92 Å². The zero-order valence-electron chi connectivity index (χ0n) is 15.9. The normalized spacial score (nSPS) is 29.3. The van der Waals surface area contributed by atoms with Crippen molar-refractivity contribution >= 4 is 5.91 Å². The lowest BCUT2D eigenvalue weighted by atomic mass is 9.85. The molecule has 5 rings (SSSR count). The highest BCUT2D eigenvalue weighted by atomic mass is 16.5. The number of aromatic nitrogens is 2. The topological polar surface area (TPSA) is 68.5 Å². The van der Waals surface area contributed by atoms with E-state index < -0.39 is 0 Å². The molecule has 2 fully saturated rings. The number of aryl methyl sites for hydroxylation is 2. The Kier molecular flexibility index (Phi) is 3.78. The van der Waals surface area contributed by atoms with Gasteiger partial charge in [0.05, 0.1) is 12.6 Å². The molecule has 1 amide bonds. The Bertz CT molecular complexity index is 879. The van der Waals surface area contributed by atoms with Crippen molar-refractivity contribution in [3.8, 4) is 5.75 Å². The molecule has 1 spiro atoms. The Balaban J connectivity index is 1.44. The predicted octanol–water partition coefficient (Wildman–Crippen LogP) is 3.48. The van der Waals surface area contributed by atoms with Gasteiger partial charge in [-0.1, -0.05) is 11.2 Å². The number of ether oxygens (including phenoxy) is 1. The highest BCUT2D eigenvalue weighted by Crippen LogP contribution is 2.62. The van der Waals surface area contributed by atoms with Crippen LogP contribution in [0.25, 0.3) is 0 Å². The van der Waals surface area contributed by atoms with Gasteiger partial charge in [-0.2, -0.15) is 4.98 Å². The Hall–Kier alpha value is -2.37. The number of amides is 1. The molecule has 0 N–H and O–H groups in total. The SMILES string of the molecule is Cc1cc2c(cc1C)[C@]1(CCO2)C[C@H]1C(=O)N1CCCC[C@H]1c1ncon1. The average molecular weight is 367 g/mol. The summed E-state index contributed by atoms with van der Waals surface area (Å²) in [7, 11) is 0. The first kappa shape index (κ1) is 16.8. The molecule has 2 aromatic rings. The van der Waals surface area contributed by atoms with Crippen LogP contribution in [0.5, 0.6) is 5.75 Å². The first-order valence-electron chi connectivity index (χ1n) is 9.91. The molecular weight excluding hydrogens is 342 g/mol. The highest BCUT2D eigenvalue weighted by molar-refractivity contribution is 5.85. The van der Waals surface area contributed by atoms with Crippen molar-refractivity contribution in [1.29, 1.82) is 0 Å². The minimum absolute atomic E-state index is 0.0368. The van der Waals surface area contributed by atoms with Crippen LogP contribution in [0.2, 0.25) is 0 Å². The maximum absolute atomic E-state index is 13.5. The fourth-order valence-corrected chi connectivity index (χ4v) is 4.97. The molecule has 3 heterocycles. The molecule has 1 aromatic heterocycles. The third-order valence-electron chi connectivity index (χ3n) is 6.77.